The van der Waals surface area contributed by atoms with Crippen LogP contribution >= 0.6 is 12.4 Å². The molecule has 0 aromatic heterocycles. The number of hydrogen-bond acceptors (Lipinski definition) is 2. The summed E-state index contributed by atoms with van der Waals surface area (Å²) in [4.78, 5) is 12.1. The van der Waals surface area contributed by atoms with E-state index in [1.54, 1.807) is 21.0 Å². The van der Waals surface area contributed by atoms with Crippen LogP contribution in [0.4, 0.5) is 0 Å². The third-order valence-corrected chi connectivity index (χ3v) is 0.830. The van der Waals surface area contributed by atoms with Gasteiger partial charge in [-0.2, -0.15) is 0 Å². The van der Waals surface area contributed by atoms with Crippen LogP contribution in [0.5, 0.6) is 0 Å². The van der Waals surface area contributed by atoms with Gasteiger partial charge in [0.1, 0.15) is 0 Å². The Morgan fingerprint density at radius 3 is 1.89 bits per heavy atom. The normalized spacial score (nSPS) is 11.6. The van der Waals surface area contributed by atoms with Crippen LogP contribution in [-0.2, 0) is 4.79 Å². The van der Waals surface area contributed by atoms with Crippen LogP contribution in [0.15, 0.2) is 0 Å². The van der Waals surface area contributed by atoms with E-state index in [4.69, 9.17) is 5.73 Å². The number of likely N-dealkylation sites (N-methyl/N-ethyl adjacent to an activating group) is 1. The second-order valence-electron chi connectivity index (χ2n) is 2.02. The van der Waals surface area contributed by atoms with Crippen LogP contribution in [0.2, 0.25) is 0 Å². The SMILES string of the molecule is C[C@H](N)C(=O)N(C)C.Cl. The predicted molar refractivity (Wildman–Crippen MR) is 39.6 cm³/mol. The Balaban J connectivity index is 0. The molecule has 0 saturated carbocycles. The van der Waals surface area contributed by atoms with Gasteiger partial charge in [-0.25, -0.2) is 0 Å². The van der Waals surface area contributed by atoms with Crippen molar-refractivity contribution in [2.75, 3.05) is 14.1 Å². The Kier molecular flexibility index (Phi) is 5.86. The zero-order chi connectivity index (χ0) is 6.73. The molecule has 56 valence electrons. The highest BCUT2D eigenvalue weighted by Crippen LogP contribution is 1.81. The van der Waals surface area contributed by atoms with Crippen LogP contribution in [0.3, 0.4) is 0 Å². The van der Waals surface area contributed by atoms with Gasteiger partial charge in [0.15, 0.2) is 0 Å². The zero-order valence-corrected chi connectivity index (χ0v) is 6.73. The van der Waals surface area contributed by atoms with Crippen molar-refractivity contribution >= 4 is 18.3 Å². The van der Waals surface area contributed by atoms with Crippen molar-refractivity contribution in [3.8, 4) is 0 Å². The van der Waals surface area contributed by atoms with E-state index in [9.17, 15) is 4.79 Å². The highest BCUT2D eigenvalue weighted by Gasteiger charge is 2.07. The van der Waals surface area contributed by atoms with Crippen molar-refractivity contribution in [1.29, 1.82) is 0 Å². The Morgan fingerprint density at radius 1 is 1.56 bits per heavy atom. The first-order chi connectivity index (χ1) is 3.55. The molecule has 3 nitrogen and oxygen atoms in total. The maximum Gasteiger partial charge on any atom is 0.238 e. The summed E-state index contributed by atoms with van der Waals surface area (Å²) >= 11 is 0. The van der Waals surface area contributed by atoms with Crippen molar-refractivity contribution < 1.29 is 4.79 Å². The molecule has 0 bridgehead atoms. The van der Waals surface area contributed by atoms with Crippen LogP contribution in [0, 0.1) is 0 Å². The highest BCUT2D eigenvalue weighted by atomic mass is 35.5. The minimum absolute atomic E-state index is 0. The van der Waals surface area contributed by atoms with E-state index in [0.29, 0.717) is 0 Å². The lowest BCUT2D eigenvalue weighted by Crippen LogP contribution is -2.37. The lowest BCUT2D eigenvalue weighted by Gasteiger charge is -2.11. The first-order valence-electron chi connectivity index (χ1n) is 2.52. The second kappa shape index (κ2) is 4.58. The number of carbonyl (C=O) groups is 1. The largest absolute Gasteiger partial charge is 0.347 e. The number of hydrogen-bond donors (Lipinski definition) is 1. The number of halogens is 1. The molecule has 9 heavy (non-hydrogen) atoms. The Morgan fingerprint density at radius 2 is 1.89 bits per heavy atom. The van der Waals surface area contributed by atoms with Crippen molar-refractivity contribution in [2.45, 2.75) is 13.0 Å². The lowest BCUT2D eigenvalue weighted by molar-refractivity contribution is -0.129. The van der Waals surface area contributed by atoms with Crippen LogP contribution in [0.25, 0.3) is 0 Å². The average molecular weight is 153 g/mol. The molecule has 0 aliphatic rings. The van der Waals surface area contributed by atoms with E-state index in [1.807, 2.05) is 0 Å². The van der Waals surface area contributed by atoms with Gasteiger partial charge in [-0.1, -0.05) is 0 Å². The fourth-order valence-electron chi connectivity index (χ4n) is 0.407. The third kappa shape index (κ3) is 4.24. The number of amides is 1. The molecule has 0 fully saturated rings. The molecule has 0 saturated heterocycles. The minimum atomic E-state index is -0.370. The van der Waals surface area contributed by atoms with E-state index >= 15 is 0 Å². The first kappa shape index (κ1) is 11.5. The topological polar surface area (TPSA) is 46.3 Å². The molecule has 0 aliphatic heterocycles. The smallest absolute Gasteiger partial charge is 0.238 e. The monoisotopic (exact) mass is 152 g/mol. The number of carbonyl (C=O) groups excluding carboxylic acids is 1. The summed E-state index contributed by atoms with van der Waals surface area (Å²) in [5.74, 6) is -0.0370. The van der Waals surface area contributed by atoms with E-state index in [0.717, 1.165) is 0 Å². The van der Waals surface area contributed by atoms with E-state index in [1.165, 1.54) is 4.90 Å². The van der Waals surface area contributed by atoms with E-state index in [2.05, 4.69) is 0 Å². The fourth-order valence-corrected chi connectivity index (χ4v) is 0.407. The van der Waals surface area contributed by atoms with Gasteiger partial charge < -0.3 is 10.6 Å². The summed E-state index contributed by atoms with van der Waals surface area (Å²) in [5, 5.41) is 0. The van der Waals surface area contributed by atoms with Crippen LogP contribution in [0.1, 0.15) is 6.92 Å². The molecular weight excluding hydrogens is 140 g/mol. The first-order valence-corrected chi connectivity index (χ1v) is 2.52. The molecule has 1 atom stereocenters. The highest BCUT2D eigenvalue weighted by molar-refractivity contribution is 5.85. The summed E-state index contributed by atoms with van der Waals surface area (Å²) in [6, 6.07) is -0.370. The van der Waals surface area contributed by atoms with Crippen LogP contribution in [-0.4, -0.2) is 30.9 Å². The second-order valence-corrected chi connectivity index (χ2v) is 2.02. The molecule has 0 radical (unpaired) electrons. The standard InChI is InChI=1S/C5H12N2O.ClH/c1-4(6)5(8)7(2)3;/h4H,6H2,1-3H3;1H/t4-;/m0./s1. The molecule has 2 N–H and O–H groups in total. The summed E-state index contributed by atoms with van der Waals surface area (Å²) in [6.45, 7) is 1.67. The van der Waals surface area contributed by atoms with Crippen molar-refractivity contribution in [3.63, 3.8) is 0 Å². The van der Waals surface area contributed by atoms with E-state index < -0.39 is 0 Å². The van der Waals surface area contributed by atoms with Crippen molar-refractivity contribution in [3.05, 3.63) is 0 Å². The quantitative estimate of drug-likeness (QED) is 0.568. The molecule has 0 heterocycles. The molecule has 1 amide bonds. The van der Waals surface area contributed by atoms with Gasteiger partial charge in [0, 0.05) is 14.1 Å². The Labute approximate surface area is 61.6 Å². The van der Waals surface area contributed by atoms with Gasteiger partial charge in [-0.3, -0.25) is 4.79 Å². The van der Waals surface area contributed by atoms with Gasteiger partial charge in [0.2, 0.25) is 5.91 Å². The molecular formula is C5H13ClN2O. The van der Waals surface area contributed by atoms with Gasteiger partial charge >= 0.3 is 0 Å². The lowest BCUT2D eigenvalue weighted by atomic mass is 10.3. The van der Waals surface area contributed by atoms with Gasteiger partial charge in [-0.05, 0) is 6.92 Å². The Hall–Kier alpha value is -0.280. The Bertz CT molecular complexity index is 83.0. The van der Waals surface area contributed by atoms with Gasteiger partial charge in [0.25, 0.3) is 0 Å². The molecule has 4 heteroatoms. The summed E-state index contributed by atoms with van der Waals surface area (Å²) in [7, 11) is 3.37. The average Bonchev–Trinajstić information content (AvgIpc) is 1.64. The van der Waals surface area contributed by atoms with Gasteiger partial charge in [0.05, 0.1) is 6.04 Å². The predicted octanol–water partition coefficient (Wildman–Crippen LogP) is -0.156. The summed E-state index contributed by atoms with van der Waals surface area (Å²) < 4.78 is 0. The minimum Gasteiger partial charge on any atom is -0.347 e. The third-order valence-electron chi connectivity index (χ3n) is 0.830. The van der Waals surface area contributed by atoms with Crippen molar-refractivity contribution in [1.82, 2.24) is 4.90 Å². The van der Waals surface area contributed by atoms with Crippen LogP contribution < -0.4 is 5.73 Å². The molecule has 0 rings (SSSR count). The molecule has 0 unspecified atom stereocenters. The van der Waals surface area contributed by atoms with Crippen molar-refractivity contribution in [2.24, 2.45) is 5.73 Å². The summed E-state index contributed by atoms with van der Waals surface area (Å²) in [5.41, 5.74) is 5.25. The number of nitrogens with two attached hydrogens (primary N) is 1. The zero-order valence-electron chi connectivity index (χ0n) is 5.92. The molecule has 0 aromatic rings. The molecule has 0 aromatic carbocycles. The summed E-state index contributed by atoms with van der Waals surface area (Å²) in [6.07, 6.45) is 0. The fraction of sp³-hybridized carbons (Fsp3) is 0.800. The maximum absolute atomic E-state index is 10.6. The van der Waals surface area contributed by atoms with E-state index in [-0.39, 0.29) is 24.4 Å². The maximum atomic E-state index is 10.6. The number of nitrogens with zero attached hydrogens (tertiary/aromatic N) is 1. The van der Waals surface area contributed by atoms with Gasteiger partial charge in [-0.15, -0.1) is 12.4 Å². The molecule has 0 spiro atoms. The number of rotatable bonds is 1. The molecule has 0 aliphatic carbocycles.